The lowest BCUT2D eigenvalue weighted by molar-refractivity contribution is 0.317. The summed E-state index contributed by atoms with van der Waals surface area (Å²) in [6, 6.07) is 11.5. The quantitative estimate of drug-likeness (QED) is 0.407. The van der Waals surface area contributed by atoms with Crippen LogP contribution in [0, 0.1) is 0 Å². The highest BCUT2D eigenvalue weighted by atomic mass is 35.5. The van der Waals surface area contributed by atoms with Gasteiger partial charge in [0.2, 0.25) is 0 Å². The molecule has 0 aliphatic carbocycles. The maximum absolute atomic E-state index is 6.33. The first-order chi connectivity index (χ1) is 11.6. The van der Waals surface area contributed by atoms with Crippen molar-refractivity contribution in [3.63, 3.8) is 0 Å². The van der Waals surface area contributed by atoms with E-state index in [4.69, 9.17) is 32.7 Å². The van der Waals surface area contributed by atoms with E-state index in [0.717, 1.165) is 34.1 Å². The van der Waals surface area contributed by atoms with Gasteiger partial charge < -0.3 is 9.47 Å². The fourth-order valence-electron chi connectivity index (χ4n) is 1.81. The Morgan fingerprint density at radius 1 is 0.750 bits per heavy atom. The van der Waals surface area contributed by atoms with E-state index in [-0.39, 0.29) is 0 Å². The zero-order valence-electron chi connectivity index (χ0n) is 13.7. The number of hydrogen-bond donors (Lipinski definition) is 0. The Labute approximate surface area is 161 Å². The molecule has 0 aromatic heterocycles. The topological polar surface area (TPSA) is 18.5 Å². The second-order valence-corrected chi connectivity index (χ2v) is 8.08. The summed E-state index contributed by atoms with van der Waals surface area (Å²) in [6.45, 7) is 5.54. The van der Waals surface area contributed by atoms with Crippen molar-refractivity contribution in [3.05, 3.63) is 46.4 Å². The van der Waals surface area contributed by atoms with E-state index >= 15 is 0 Å². The maximum Gasteiger partial charge on any atom is 0.120 e. The summed E-state index contributed by atoms with van der Waals surface area (Å²) in [6.07, 6.45) is 1.95. The van der Waals surface area contributed by atoms with E-state index in [0.29, 0.717) is 23.3 Å². The molecule has 2 rings (SSSR count). The van der Waals surface area contributed by atoms with Crippen molar-refractivity contribution in [2.75, 3.05) is 13.2 Å². The van der Waals surface area contributed by atoms with Crippen molar-refractivity contribution >= 4 is 44.8 Å². The highest BCUT2D eigenvalue weighted by Gasteiger charge is 2.08. The summed E-state index contributed by atoms with van der Waals surface area (Å²) in [5.74, 6) is 1.60. The molecule has 0 aliphatic rings. The Kier molecular flexibility index (Phi) is 8.46. The first-order valence-corrected chi connectivity index (χ1v) is 10.7. The van der Waals surface area contributed by atoms with Crippen LogP contribution in [0.25, 0.3) is 0 Å². The lowest BCUT2D eigenvalue weighted by Crippen LogP contribution is -1.94. The summed E-state index contributed by atoms with van der Waals surface area (Å²) in [4.78, 5) is 1.96. The lowest BCUT2D eigenvalue weighted by Gasteiger charge is -2.10. The van der Waals surface area contributed by atoms with Crippen LogP contribution < -0.4 is 9.47 Å². The second-order valence-electron chi connectivity index (χ2n) is 5.05. The summed E-state index contributed by atoms with van der Waals surface area (Å²) in [5.41, 5.74) is 0. The van der Waals surface area contributed by atoms with Gasteiger partial charge in [0.05, 0.1) is 23.3 Å². The maximum atomic E-state index is 6.33. The molecule has 0 atom stereocenters. The van der Waals surface area contributed by atoms with E-state index in [1.165, 1.54) is 0 Å². The molecule has 0 radical (unpaired) electrons. The molecule has 130 valence electrons. The van der Waals surface area contributed by atoms with Gasteiger partial charge in [-0.05, 0) is 49.2 Å². The van der Waals surface area contributed by atoms with Crippen LogP contribution in [0.4, 0.5) is 0 Å². The van der Waals surface area contributed by atoms with Crippen molar-refractivity contribution in [1.29, 1.82) is 0 Å². The van der Waals surface area contributed by atoms with Gasteiger partial charge in [0.1, 0.15) is 11.5 Å². The van der Waals surface area contributed by atoms with E-state index in [1.54, 1.807) is 21.6 Å². The first-order valence-electron chi connectivity index (χ1n) is 7.83. The highest BCUT2D eigenvalue weighted by Crippen LogP contribution is 2.44. The van der Waals surface area contributed by atoms with Gasteiger partial charge in [-0.2, -0.15) is 0 Å². The molecule has 0 aliphatic heterocycles. The van der Waals surface area contributed by atoms with Gasteiger partial charge in [-0.1, -0.05) is 58.6 Å². The fourth-order valence-corrected chi connectivity index (χ4v) is 4.77. The van der Waals surface area contributed by atoms with E-state index in [9.17, 15) is 0 Å². The molecule has 0 saturated carbocycles. The molecule has 0 spiro atoms. The molecule has 0 unspecified atom stereocenters. The Balaban J connectivity index is 1.97. The van der Waals surface area contributed by atoms with Crippen LogP contribution in [0.5, 0.6) is 11.5 Å². The SMILES string of the molecule is CCCOc1ccc(SSc2ccc(OCCC)cc2Cl)c(Cl)c1. The molecule has 24 heavy (non-hydrogen) atoms. The van der Waals surface area contributed by atoms with Crippen LogP contribution in [0.3, 0.4) is 0 Å². The third-order valence-electron chi connectivity index (χ3n) is 2.97. The van der Waals surface area contributed by atoms with E-state index < -0.39 is 0 Å². The van der Waals surface area contributed by atoms with Crippen molar-refractivity contribution in [2.45, 2.75) is 36.5 Å². The highest BCUT2D eigenvalue weighted by molar-refractivity contribution is 8.76. The van der Waals surface area contributed by atoms with Gasteiger partial charge in [-0.25, -0.2) is 0 Å². The molecule has 2 aromatic rings. The minimum Gasteiger partial charge on any atom is -0.494 e. The molecule has 2 nitrogen and oxygen atoms in total. The zero-order chi connectivity index (χ0) is 17.4. The molecule has 0 N–H and O–H groups in total. The smallest absolute Gasteiger partial charge is 0.120 e. The zero-order valence-corrected chi connectivity index (χ0v) is 16.8. The van der Waals surface area contributed by atoms with Crippen molar-refractivity contribution < 1.29 is 9.47 Å². The van der Waals surface area contributed by atoms with E-state index in [2.05, 4.69) is 13.8 Å². The normalized spacial score (nSPS) is 10.7. The minimum atomic E-state index is 0.681. The average molecular weight is 403 g/mol. The fraction of sp³-hybridized carbons (Fsp3) is 0.333. The third kappa shape index (κ3) is 5.99. The number of rotatable bonds is 9. The predicted octanol–water partition coefficient (Wildman–Crippen LogP) is 7.37. The molecular weight excluding hydrogens is 383 g/mol. The van der Waals surface area contributed by atoms with Crippen LogP contribution in [0.1, 0.15) is 26.7 Å². The summed E-state index contributed by atoms with van der Waals surface area (Å²) in [7, 11) is 3.15. The van der Waals surface area contributed by atoms with Gasteiger partial charge in [0.15, 0.2) is 0 Å². The monoisotopic (exact) mass is 402 g/mol. The number of ether oxygens (including phenoxy) is 2. The molecule has 0 saturated heterocycles. The minimum absolute atomic E-state index is 0.681. The standard InChI is InChI=1S/C18H20Cl2O2S2/c1-3-9-21-13-5-7-17(15(19)11-13)23-24-18-8-6-14(12-16(18)20)22-10-4-2/h5-8,11-12H,3-4,9-10H2,1-2H3. The van der Waals surface area contributed by atoms with Gasteiger partial charge >= 0.3 is 0 Å². The number of hydrogen-bond acceptors (Lipinski definition) is 4. The molecule has 6 heteroatoms. The first kappa shape index (κ1) is 19.6. The molecule has 0 heterocycles. The number of benzene rings is 2. The third-order valence-corrected chi connectivity index (χ3v) is 6.30. The van der Waals surface area contributed by atoms with Crippen molar-refractivity contribution in [1.82, 2.24) is 0 Å². The molecular formula is C18H20Cl2O2S2. The van der Waals surface area contributed by atoms with Gasteiger partial charge in [-0.15, -0.1) is 0 Å². The largest absolute Gasteiger partial charge is 0.494 e. The van der Waals surface area contributed by atoms with Crippen LogP contribution in [-0.4, -0.2) is 13.2 Å². The van der Waals surface area contributed by atoms with Crippen molar-refractivity contribution in [2.24, 2.45) is 0 Å². The van der Waals surface area contributed by atoms with Crippen LogP contribution in [-0.2, 0) is 0 Å². The second kappa shape index (κ2) is 10.3. The van der Waals surface area contributed by atoms with Crippen LogP contribution >= 0.6 is 44.8 Å². The molecule has 0 amide bonds. The van der Waals surface area contributed by atoms with Gasteiger partial charge in [0, 0.05) is 9.79 Å². The van der Waals surface area contributed by atoms with Crippen molar-refractivity contribution in [3.8, 4) is 11.5 Å². The predicted molar refractivity (Wildman–Crippen MR) is 106 cm³/mol. The summed E-state index contributed by atoms with van der Waals surface area (Å²) < 4.78 is 11.2. The summed E-state index contributed by atoms with van der Waals surface area (Å²) in [5, 5.41) is 1.36. The summed E-state index contributed by atoms with van der Waals surface area (Å²) >= 11 is 12.7. The van der Waals surface area contributed by atoms with E-state index in [1.807, 2.05) is 36.4 Å². The number of halogens is 2. The Hall–Kier alpha value is -0.680. The molecule has 0 fully saturated rings. The Bertz CT molecular complexity index is 608. The lowest BCUT2D eigenvalue weighted by atomic mass is 10.3. The Morgan fingerprint density at radius 3 is 1.50 bits per heavy atom. The average Bonchev–Trinajstić information content (AvgIpc) is 2.58. The van der Waals surface area contributed by atoms with Gasteiger partial charge in [0.25, 0.3) is 0 Å². The van der Waals surface area contributed by atoms with Crippen LogP contribution in [0.2, 0.25) is 10.0 Å². The van der Waals surface area contributed by atoms with Crippen LogP contribution in [0.15, 0.2) is 46.2 Å². The van der Waals surface area contributed by atoms with Gasteiger partial charge in [-0.3, -0.25) is 0 Å². The molecule has 0 bridgehead atoms. The molecule has 2 aromatic carbocycles. The Morgan fingerprint density at radius 2 is 1.17 bits per heavy atom.